The molecule has 0 aromatic carbocycles. The number of hydrogen-bond donors (Lipinski definition) is 2. The van der Waals surface area contributed by atoms with Gasteiger partial charge in [-0.15, -0.1) is 0 Å². The van der Waals surface area contributed by atoms with Crippen molar-refractivity contribution >= 4 is 5.96 Å². The van der Waals surface area contributed by atoms with E-state index in [-0.39, 0.29) is 6.04 Å². The molecule has 6 heteroatoms. The fourth-order valence-corrected chi connectivity index (χ4v) is 4.30. The molecule has 0 saturated carbocycles. The summed E-state index contributed by atoms with van der Waals surface area (Å²) in [6, 6.07) is 4.70. The average Bonchev–Trinajstić information content (AvgIpc) is 3.38. The first-order valence-corrected chi connectivity index (χ1v) is 9.23. The van der Waals surface area contributed by atoms with E-state index in [9.17, 15) is 0 Å². The van der Waals surface area contributed by atoms with Crippen molar-refractivity contribution in [3.05, 3.63) is 24.2 Å². The Bertz CT molecular complexity index is 553. The minimum Gasteiger partial charge on any atom is -0.468 e. The molecule has 0 aliphatic carbocycles. The molecule has 2 bridgehead atoms. The van der Waals surface area contributed by atoms with Gasteiger partial charge in [-0.25, -0.2) is 0 Å². The van der Waals surface area contributed by atoms with Crippen molar-refractivity contribution in [1.29, 1.82) is 0 Å². The standard InChI is InChI=1S/C18H28N4O2/c1-19-18(21-14-11-13-6-7-16(14)24-13)20-12-15(17-5-4-10-23-17)22-8-2-3-9-22/h4-5,10,13-16H,2-3,6-9,11-12H2,1H3,(H2,19,20,21). The number of hydrogen-bond acceptors (Lipinski definition) is 4. The zero-order chi connectivity index (χ0) is 16.4. The predicted molar refractivity (Wildman–Crippen MR) is 93.1 cm³/mol. The first-order valence-electron chi connectivity index (χ1n) is 9.23. The van der Waals surface area contributed by atoms with Crippen LogP contribution in [0, 0.1) is 0 Å². The largest absolute Gasteiger partial charge is 0.468 e. The lowest BCUT2D eigenvalue weighted by Crippen LogP contribution is -2.49. The average molecular weight is 332 g/mol. The van der Waals surface area contributed by atoms with Crippen molar-refractivity contribution in [3.63, 3.8) is 0 Å². The van der Waals surface area contributed by atoms with Crippen LogP contribution in [0.4, 0.5) is 0 Å². The van der Waals surface area contributed by atoms with E-state index in [1.165, 1.54) is 25.7 Å². The molecule has 3 aliphatic rings. The molecule has 4 heterocycles. The monoisotopic (exact) mass is 332 g/mol. The smallest absolute Gasteiger partial charge is 0.191 e. The van der Waals surface area contributed by atoms with Crippen molar-refractivity contribution in [1.82, 2.24) is 15.5 Å². The van der Waals surface area contributed by atoms with Gasteiger partial charge in [-0.2, -0.15) is 0 Å². The normalized spacial score (nSPS) is 31.5. The number of furan rings is 1. The number of rotatable bonds is 5. The maximum atomic E-state index is 5.93. The molecule has 3 fully saturated rings. The molecule has 1 aromatic rings. The first kappa shape index (κ1) is 16.0. The van der Waals surface area contributed by atoms with Crippen LogP contribution in [-0.2, 0) is 4.74 Å². The lowest BCUT2D eigenvalue weighted by Gasteiger charge is -2.28. The van der Waals surface area contributed by atoms with Gasteiger partial charge in [-0.1, -0.05) is 0 Å². The van der Waals surface area contributed by atoms with E-state index >= 15 is 0 Å². The molecule has 6 nitrogen and oxygen atoms in total. The van der Waals surface area contributed by atoms with Crippen molar-refractivity contribution in [2.75, 3.05) is 26.7 Å². The highest BCUT2D eigenvalue weighted by Gasteiger charge is 2.41. The van der Waals surface area contributed by atoms with Crippen LogP contribution < -0.4 is 10.6 Å². The zero-order valence-corrected chi connectivity index (χ0v) is 14.4. The van der Waals surface area contributed by atoms with Gasteiger partial charge >= 0.3 is 0 Å². The summed E-state index contributed by atoms with van der Waals surface area (Å²) in [4.78, 5) is 6.90. The third-order valence-electron chi connectivity index (χ3n) is 5.57. The first-order chi connectivity index (χ1) is 11.8. The highest BCUT2D eigenvalue weighted by molar-refractivity contribution is 5.80. The van der Waals surface area contributed by atoms with Crippen molar-refractivity contribution in [3.8, 4) is 0 Å². The van der Waals surface area contributed by atoms with E-state index in [0.29, 0.717) is 18.2 Å². The number of aliphatic imine (C=N–C) groups is 1. The molecular formula is C18H28N4O2. The summed E-state index contributed by atoms with van der Waals surface area (Å²) in [5, 5.41) is 7.06. The fourth-order valence-electron chi connectivity index (χ4n) is 4.30. The van der Waals surface area contributed by atoms with Crippen molar-refractivity contribution < 1.29 is 9.15 Å². The molecule has 1 aromatic heterocycles. The summed E-state index contributed by atoms with van der Waals surface area (Å²) in [7, 11) is 1.83. The molecule has 4 atom stereocenters. The molecule has 132 valence electrons. The Kier molecular flexibility index (Phi) is 4.76. The van der Waals surface area contributed by atoms with E-state index < -0.39 is 0 Å². The summed E-state index contributed by atoms with van der Waals surface area (Å²) in [5.41, 5.74) is 0. The van der Waals surface area contributed by atoms with Crippen LogP contribution in [0.1, 0.15) is 43.9 Å². The van der Waals surface area contributed by atoms with Gasteiger partial charge in [-0.05, 0) is 57.3 Å². The molecule has 0 spiro atoms. The van der Waals surface area contributed by atoms with E-state index in [4.69, 9.17) is 9.15 Å². The third kappa shape index (κ3) is 3.30. The molecule has 4 unspecified atom stereocenters. The van der Waals surface area contributed by atoms with Crippen molar-refractivity contribution in [2.45, 2.75) is 56.4 Å². The van der Waals surface area contributed by atoms with E-state index in [1.807, 2.05) is 13.1 Å². The van der Waals surface area contributed by atoms with Gasteiger partial charge in [0.25, 0.3) is 0 Å². The second-order valence-electron chi connectivity index (χ2n) is 7.09. The summed E-state index contributed by atoms with van der Waals surface area (Å²) in [5.74, 6) is 1.90. The number of nitrogens with one attached hydrogen (secondary N) is 2. The minimum absolute atomic E-state index is 0.261. The Morgan fingerprint density at radius 3 is 2.88 bits per heavy atom. The maximum Gasteiger partial charge on any atom is 0.191 e. The second kappa shape index (κ2) is 7.15. The van der Waals surface area contributed by atoms with Gasteiger partial charge in [0, 0.05) is 13.6 Å². The van der Waals surface area contributed by atoms with Crippen LogP contribution in [0.25, 0.3) is 0 Å². The summed E-state index contributed by atoms with van der Waals surface area (Å²) < 4.78 is 11.6. The van der Waals surface area contributed by atoms with E-state index in [2.05, 4.69) is 26.6 Å². The van der Waals surface area contributed by atoms with Gasteiger partial charge in [0.05, 0.1) is 30.6 Å². The predicted octanol–water partition coefficient (Wildman–Crippen LogP) is 1.90. The highest BCUT2D eigenvalue weighted by atomic mass is 16.5. The number of guanidine groups is 1. The molecule has 4 rings (SSSR count). The van der Waals surface area contributed by atoms with E-state index in [0.717, 1.165) is 37.8 Å². The Labute approximate surface area is 143 Å². The number of nitrogens with zero attached hydrogens (tertiary/aromatic N) is 2. The third-order valence-corrected chi connectivity index (χ3v) is 5.57. The molecular weight excluding hydrogens is 304 g/mol. The molecule has 24 heavy (non-hydrogen) atoms. The Balaban J connectivity index is 1.35. The number of ether oxygens (including phenoxy) is 1. The number of likely N-dealkylation sites (tertiary alicyclic amines) is 1. The molecule has 3 saturated heterocycles. The van der Waals surface area contributed by atoms with Crippen LogP contribution >= 0.6 is 0 Å². The van der Waals surface area contributed by atoms with Crippen LogP contribution in [0.2, 0.25) is 0 Å². The van der Waals surface area contributed by atoms with Gasteiger partial charge in [0.1, 0.15) is 5.76 Å². The summed E-state index contributed by atoms with van der Waals surface area (Å²) in [6.45, 7) is 3.08. The SMILES string of the molecule is CN=C(NCC(c1ccco1)N1CCCC1)NC1CC2CCC1O2. The van der Waals surface area contributed by atoms with Crippen LogP contribution in [0.15, 0.2) is 27.8 Å². The lowest BCUT2D eigenvalue weighted by molar-refractivity contribution is 0.0992. The molecule has 3 aliphatic heterocycles. The van der Waals surface area contributed by atoms with Crippen molar-refractivity contribution in [2.24, 2.45) is 4.99 Å². The maximum absolute atomic E-state index is 5.93. The van der Waals surface area contributed by atoms with E-state index in [1.54, 1.807) is 6.26 Å². The van der Waals surface area contributed by atoms with Gasteiger partial charge in [0.2, 0.25) is 0 Å². The Morgan fingerprint density at radius 2 is 2.25 bits per heavy atom. The highest BCUT2D eigenvalue weighted by Crippen LogP contribution is 2.34. The van der Waals surface area contributed by atoms with Crippen LogP contribution in [-0.4, -0.2) is 55.8 Å². The van der Waals surface area contributed by atoms with Gasteiger partial charge in [0.15, 0.2) is 5.96 Å². The Morgan fingerprint density at radius 1 is 1.38 bits per heavy atom. The van der Waals surface area contributed by atoms with Crippen LogP contribution in [0.3, 0.4) is 0 Å². The van der Waals surface area contributed by atoms with Gasteiger partial charge < -0.3 is 19.8 Å². The lowest BCUT2D eigenvalue weighted by atomic mass is 9.96. The quantitative estimate of drug-likeness (QED) is 0.637. The molecule has 2 N–H and O–H groups in total. The number of fused-ring (bicyclic) bond motifs is 2. The zero-order valence-electron chi connectivity index (χ0n) is 14.4. The Hall–Kier alpha value is -1.53. The summed E-state index contributed by atoms with van der Waals surface area (Å²) >= 11 is 0. The molecule has 0 radical (unpaired) electrons. The fraction of sp³-hybridized carbons (Fsp3) is 0.722. The minimum atomic E-state index is 0.261. The molecule has 0 amide bonds. The topological polar surface area (TPSA) is 62.0 Å². The summed E-state index contributed by atoms with van der Waals surface area (Å²) in [6.07, 6.45) is 8.59. The second-order valence-corrected chi connectivity index (χ2v) is 7.09. The van der Waals surface area contributed by atoms with Crippen LogP contribution in [0.5, 0.6) is 0 Å². The van der Waals surface area contributed by atoms with Gasteiger partial charge in [-0.3, -0.25) is 9.89 Å².